The molecule has 5 aromatic rings. The SMILES string of the molecule is O=C1NC(c2cc(F)ccc2Cl)c2c1cc(-c1ccc3ncnn3c1)cc2S(=O)(=O)Cc1ccccc1. The summed E-state index contributed by atoms with van der Waals surface area (Å²) >= 11 is 6.38. The number of nitrogens with zero attached hydrogens (tertiary/aromatic N) is 3. The molecule has 0 radical (unpaired) electrons. The minimum absolute atomic E-state index is 0.0220. The van der Waals surface area contributed by atoms with Crippen molar-refractivity contribution in [2.75, 3.05) is 0 Å². The molecule has 0 saturated heterocycles. The van der Waals surface area contributed by atoms with E-state index < -0.39 is 27.6 Å². The third kappa shape index (κ3) is 4.16. The molecular formula is C27H18ClFN4O3S. The Morgan fingerprint density at radius 1 is 1.00 bits per heavy atom. The summed E-state index contributed by atoms with van der Waals surface area (Å²) in [6, 6.07) is 18.4. The zero-order chi connectivity index (χ0) is 25.7. The van der Waals surface area contributed by atoms with Gasteiger partial charge in [0.15, 0.2) is 15.5 Å². The molecule has 3 aromatic carbocycles. The lowest BCUT2D eigenvalue weighted by molar-refractivity contribution is 0.0960. The van der Waals surface area contributed by atoms with E-state index in [9.17, 15) is 17.6 Å². The Hall–Kier alpha value is -4.08. The predicted octanol–water partition coefficient (Wildman–Crippen LogP) is 5.00. The zero-order valence-electron chi connectivity index (χ0n) is 19.1. The van der Waals surface area contributed by atoms with Crippen LogP contribution < -0.4 is 5.32 Å². The van der Waals surface area contributed by atoms with E-state index in [0.29, 0.717) is 22.3 Å². The van der Waals surface area contributed by atoms with Crippen molar-refractivity contribution in [3.05, 3.63) is 118 Å². The van der Waals surface area contributed by atoms with Gasteiger partial charge < -0.3 is 5.32 Å². The molecule has 1 unspecified atom stereocenters. The van der Waals surface area contributed by atoms with Crippen molar-refractivity contribution in [3.63, 3.8) is 0 Å². The summed E-state index contributed by atoms with van der Waals surface area (Å²) in [4.78, 5) is 17.3. The first kappa shape index (κ1) is 23.3. The topological polar surface area (TPSA) is 93.4 Å². The molecule has 184 valence electrons. The van der Waals surface area contributed by atoms with Gasteiger partial charge in [0.25, 0.3) is 5.91 Å². The highest BCUT2D eigenvalue weighted by Gasteiger charge is 2.37. The summed E-state index contributed by atoms with van der Waals surface area (Å²) in [5, 5.41) is 7.16. The number of benzene rings is 3. The van der Waals surface area contributed by atoms with Crippen LogP contribution in [-0.4, -0.2) is 28.9 Å². The van der Waals surface area contributed by atoms with Crippen LogP contribution in [0, 0.1) is 5.82 Å². The molecule has 0 saturated carbocycles. The Morgan fingerprint density at radius 2 is 1.81 bits per heavy atom. The molecular weight excluding hydrogens is 515 g/mol. The summed E-state index contributed by atoms with van der Waals surface area (Å²) in [6.07, 6.45) is 3.13. The van der Waals surface area contributed by atoms with Gasteiger partial charge >= 0.3 is 0 Å². The third-order valence-corrected chi connectivity index (χ3v) is 8.43. The fourth-order valence-electron chi connectivity index (χ4n) is 4.65. The first-order chi connectivity index (χ1) is 17.8. The Labute approximate surface area is 216 Å². The Bertz CT molecular complexity index is 1810. The zero-order valence-corrected chi connectivity index (χ0v) is 20.7. The fourth-order valence-corrected chi connectivity index (χ4v) is 6.53. The molecule has 3 heterocycles. The quantitative estimate of drug-likeness (QED) is 0.344. The summed E-state index contributed by atoms with van der Waals surface area (Å²) < 4.78 is 43.5. The van der Waals surface area contributed by atoms with Crippen molar-refractivity contribution in [2.24, 2.45) is 0 Å². The smallest absolute Gasteiger partial charge is 0.252 e. The number of rotatable bonds is 5. The van der Waals surface area contributed by atoms with Crippen molar-refractivity contribution in [1.82, 2.24) is 19.9 Å². The number of hydrogen-bond donors (Lipinski definition) is 1. The number of carbonyl (C=O) groups is 1. The lowest BCUT2D eigenvalue weighted by Gasteiger charge is -2.19. The number of pyridine rings is 1. The van der Waals surface area contributed by atoms with Crippen LogP contribution in [0.15, 0.2) is 90.2 Å². The lowest BCUT2D eigenvalue weighted by atomic mass is 9.95. The molecule has 1 atom stereocenters. The maximum absolute atomic E-state index is 14.2. The number of sulfone groups is 1. The van der Waals surface area contributed by atoms with Gasteiger partial charge in [0, 0.05) is 33.5 Å². The molecule has 10 heteroatoms. The van der Waals surface area contributed by atoms with E-state index in [4.69, 9.17) is 11.6 Å². The van der Waals surface area contributed by atoms with E-state index in [0.717, 1.165) is 0 Å². The minimum Gasteiger partial charge on any atom is -0.341 e. The van der Waals surface area contributed by atoms with Crippen LogP contribution in [0.4, 0.5) is 4.39 Å². The van der Waals surface area contributed by atoms with E-state index in [-0.39, 0.29) is 32.4 Å². The summed E-state index contributed by atoms with van der Waals surface area (Å²) in [5.74, 6) is -1.29. The Balaban J connectivity index is 1.59. The number of halogens is 2. The van der Waals surface area contributed by atoms with Crippen molar-refractivity contribution < 1.29 is 17.6 Å². The molecule has 0 bridgehead atoms. The van der Waals surface area contributed by atoms with Crippen LogP contribution in [-0.2, 0) is 15.6 Å². The van der Waals surface area contributed by atoms with Gasteiger partial charge in [-0.15, -0.1) is 0 Å². The van der Waals surface area contributed by atoms with Gasteiger partial charge in [-0.2, -0.15) is 5.10 Å². The standard InChI is InChI=1S/C27H18ClFN4O3S/c28-22-8-7-19(29)12-20(22)26-25-21(27(34)32-26)10-18(17-6-9-24-30-15-31-33(24)13-17)11-23(25)37(35,36)14-16-4-2-1-3-5-16/h1-13,15,26H,14H2,(H,32,34). The number of hydrogen-bond acceptors (Lipinski definition) is 5. The second-order valence-corrected chi connectivity index (χ2v) is 11.1. The van der Waals surface area contributed by atoms with Gasteiger partial charge in [0.1, 0.15) is 12.1 Å². The number of aromatic nitrogens is 3. The van der Waals surface area contributed by atoms with Crippen molar-refractivity contribution in [3.8, 4) is 11.1 Å². The molecule has 0 aliphatic carbocycles. The normalized spacial score (nSPS) is 15.1. The molecule has 0 fully saturated rings. The molecule has 1 aliphatic heterocycles. The van der Waals surface area contributed by atoms with Crippen LogP contribution in [0.2, 0.25) is 5.02 Å². The monoisotopic (exact) mass is 532 g/mol. The average Bonchev–Trinajstić information content (AvgIpc) is 3.49. The molecule has 1 amide bonds. The van der Waals surface area contributed by atoms with E-state index in [2.05, 4.69) is 15.4 Å². The largest absolute Gasteiger partial charge is 0.341 e. The van der Waals surface area contributed by atoms with E-state index >= 15 is 0 Å². The average molecular weight is 533 g/mol. The summed E-state index contributed by atoms with van der Waals surface area (Å²) in [7, 11) is -3.95. The predicted molar refractivity (Wildman–Crippen MR) is 136 cm³/mol. The van der Waals surface area contributed by atoms with Crippen LogP contribution in [0.3, 0.4) is 0 Å². The molecule has 2 aromatic heterocycles. The third-order valence-electron chi connectivity index (χ3n) is 6.36. The van der Waals surface area contributed by atoms with Crippen LogP contribution in [0.1, 0.15) is 33.1 Å². The molecule has 7 nitrogen and oxygen atoms in total. The maximum Gasteiger partial charge on any atom is 0.252 e. The lowest BCUT2D eigenvalue weighted by Crippen LogP contribution is -2.21. The first-order valence-electron chi connectivity index (χ1n) is 11.3. The second-order valence-electron chi connectivity index (χ2n) is 8.73. The van der Waals surface area contributed by atoms with Crippen LogP contribution >= 0.6 is 11.6 Å². The molecule has 1 N–H and O–H groups in total. The summed E-state index contributed by atoms with van der Waals surface area (Å²) in [6.45, 7) is 0. The minimum atomic E-state index is -3.95. The molecule has 6 rings (SSSR count). The maximum atomic E-state index is 14.2. The molecule has 0 spiro atoms. The van der Waals surface area contributed by atoms with E-state index in [1.54, 1.807) is 65.3 Å². The van der Waals surface area contributed by atoms with Gasteiger partial charge in [0.2, 0.25) is 0 Å². The van der Waals surface area contributed by atoms with Gasteiger partial charge in [-0.1, -0.05) is 41.9 Å². The number of carbonyl (C=O) groups excluding carboxylic acids is 1. The number of nitrogens with one attached hydrogen (secondary N) is 1. The van der Waals surface area contributed by atoms with Gasteiger partial charge in [-0.25, -0.2) is 22.3 Å². The molecule has 1 aliphatic rings. The number of fused-ring (bicyclic) bond motifs is 2. The Kier molecular flexibility index (Phi) is 5.54. The van der Waals surface area contributed by atoms with Crippen LogP contribution in [0.25, 0.3) is 16.8 Å². The van der Waals surface area contributed by atoms with Crippen LogP contribution in [0.5, 0.6) is 0 Å². The highest BCUT2D eigenvalue weighted by molar-refractivity contribution is 7.90. The Morgan fingerprint density at radius 3 is 2.62 bits per heavy atom. The second kappa shape index (κ2) is 8.79. The van der Waals surface area contributed by atoms with Crippen molar-refractivity contribution >= 4 is 33.0 Å². The highest BCUT2D eigenvalue weighted by Crippen LogP contribution is 2.41. The summed E-state index contributed by atoms with van der Waals surface area (Å²) in [5.41, 5.74) is 3.11. The van der Waals surface area contributed by atoms with E-state index in [1.807, 2.05) is 0 Å². The van der Waals surface area contributed by atoms with Gasteiger partial charge in [-0.3, -0.25) is 4.79 Å². The number of amides is 1. The molecule has 37 heavy (non-hydrogen) atoms. The highest BCUT2D eigenvalue weighted by atomic mass is 35.5. The fraction of sp³-hybridized carbons (Fsp3) is 0.0741. The first-order valence-corrected chi connectivity index (χ1v) is 13.3. The van der Waals surface area contributed by atoms with Crippen molar-refractivity contribution in [1.29, 1.82) is 0 Å². The van der Waals surface area contributed by atoms with Gasteiger partial charge in [-0.05, 0) is 53.6 Å². The van der Waals surface area contributed by atoms with E-state index in [1.165, 1.54) is 24.5 Å². The van der Waals surface area contributed by atoms with Crippen molar-refractivity contribution in [2.45, 2.75) is 16.7 Å². The van der Waals surface area contributed by atoms with Gasteiger partial charge in [0.05, 0.1) is 16.7 Å².